The molecule has 4 rings (SSSR count). The van der Waals surface area contributed by atoms with Crippen molar-refractivity contribution in [1.29, 1.82) is 0 Å². The summed E-state index contributed by atoms with van der Waals surface area (Å²) in [4.78, 5) is 13.5. The first-order valence-electron chi connectivity index (χ1n) is 11.9. The van der Waals surface area contributed by atoms with Crippen molar-refractivity contribution in [3.8, 4) is 11.1 Å². The van der Waals surface area contributed by atoms with Crippen molar-refractivity contribution < 1.29 is 15.0 Å². The number of hydrogen-bond acceptors (Lipinski definition) is 3. The van der Waals surface area contributed by atoms with Crippen molar-refractivity contribution >= 4 is 18.1 Å². The second-order valence-electron chi connectivity index (χ2n) is 9.38. The van der Waals surface area contributed by atoms with Crippen LogP contribution in [0.2, 0.25) is 0 Å². The summed E-state index contributed by atoms with van der Waals surface area (Å²) in [7, 11) is 0. The van der Waals surface area contributed by atoms with Gasteiger partial charge in [0.25, 0.3) is 0 Å². The predicted octanol–water partition coefficient (Wildman–Crippen LogP) is 5.86. The first-order valence-corrected chi connectivity index (χ1v) is 11.9. The molecule has 0 saturated carbocycles. The molecule has 2 N–H and O–H groups in total. The molecule has 0 bridgehead atoms. The van der Waals surface area contributed by atoms with E-state index in [4.69, 9.17) is 0 Å². The highest BCUT2D eigenvalue weighted by Gasteiger charge is 2.35. The Morgan fingerprint density at radius 2 is 1.76 bits per heavy atom. The Morgan fingerprint density at radius 3 is 2.50 bits per heavy atom. The zero-order chi connectivity index (χ0) is 24.2. The number of carboxylic acid groups (broad SMARTS) is 1. The molecule has 0 aromatic heterocycles. The third kappa shape index (κ3) is 5.30. The minimum absolute atomic E-state index is 0.524. The lowest BCUT2D eigenvalue weighted by Crippen LogP contribution is -2.52. The molecule has 1 fully saturated rings. The van der Waals surface area contributed by atoms with Crippen molar-refractivity contribution in [2.24, 2.45) is 0 Å². The lowest BCUT2D eigenvalue weighted by Gasteiger charge is -2.36. The first kappa shape index (κ1) is 23.9. The Kier molecular flexibility index (Phi) is 7.30. The molecular formula is C30H33NO3. The Bertz CT molecular complexity index is 1210. The second-order valence-corrected chi connectivity index (χ2v) is 9.38. The van der Waals surface area contributed by atoms with Crippen LogP contribution in [-0.4, -0.2) is 39.8 Å². The second kappa shape index (κ2) is 10.4. The number of benzene rings is 3. The van der Waals surface area contributed by atoms with Gasteiger partial charge in [0.05, 0.1) is 6.10 Å². The zero-order valence-electron chi connectivity index (χ0n) is 20.2. The van der Waals surface area contributed by atoms with Crippen LogP contribution in [0.25, 0.3) is 23.3 Å². The number of carboxylic acids is 1. The zero-order valence-corrected chi connectivity index (χ0v) is 20.2. The van der Waals surface area contributed by atoms with Gasteiger partial charge in [0.15, 0.2) is 0 Å². The van der Waals surface area contributed by atoms with Gasteiger partial charge in [0.2, 0.25) is 0 Å². The SMILES string of the molecule is Cc1cccc(-c2cccc(/C=C/c3ccc(CN4CCCC(O)C4C(=O)O)cc3C)c2C)c1. The number of likely N-dealkylation sites (tertiary alicyclic amines) is 1. The minimum atomic E-state index is -0.952. The van der Waals surface area contributed by atoms with Gasteiger partial charge in [-0.1, -0.05) is 78.4 Å². The van der Waals surface area contributed by atoms with Crippen molar-refractivity contribution in [2.75, 3.05) is 6.54 Å². The van der Waals surface area contributed by atoms with Crippen LogP contribution in [0.5, 0.6) is 0 Å². The minimum Gasteiger partial charge on any atom is -0.480 e. The van der Waals surface area contributed by atoms with Gasteiger partial charge in [-0.25, -0.2) is 0 Å². The molecule has 3 aromatic carbocycles. The van der Waals surface area contributed by atoms with Crippen LogP contribution in [-0.2, 0) is 11.3 Å². The highest BCUT2D eigenvalue weighted by Crippen LogP contribution is 2.28. The maximum atomic E-state index is 11.7. The van der Waals surface area contributed by atoms with Crippen LogP contribution in [0, 0.1) is 20.8 Å². The Morgan fingerprint density at radius 1 is 1.00 bits per heavy atom. The van der Waals surface area contributed by atoms with Gasteiger partial charge >= 0.3 is 5.97 Å². The smallest absolute Gasteiger partial charge is 0.323 e. The number of hydrogen-bond donors (Lipinski definition) is 2. The summed E-state index contributed by atoms with van der Waals surface area (Å²) in [6.07, 6.45) is 4.85. The number of aliphatic carboxylic acids is 1. The van der Waals surface area contributed by atoms with E-state index >= 15 is 0 Å². The van der Waals surface area contributed by atoms with Crippen molar-refractivity contribution in [3.05, 3.63) is 94.0 Å². The Labute approximate surface area is 202 Å². The van der Waals surface area contributed by atoms with E-state index in [1.165, 1.54) is 27.8 Å². The summed E-state index contributed by atoms with van der Waals surface area (Å²) in [5.74, 6) is -0.952. The summed E-state index contributed by atoms with van der Waals surface area (Å²) in [6, 6.07) is 20.4. The molecular weight excluding hydrogens is 422 g/mol. The molecule has 176 valence electrons. The molecule has 0 aliphatic carbocycles. The third-order valence-electron chi connectivity index (χ3n) is 6.82. The van der Waals surface area contributed by atoms with Crippen LogP contribution >= 0.6 is 0 Å². The summed E-state index contributed by atoms with van der Waals surface area (Å²) in [5.41, 5.74) is 9.51. The highest BCUT2D eigenvalue weighted by molar-refractivity contribution is 5.78. The van der Waals surface area contributed by atoms with E-state index in [9.17, 15) is 15.0 Å². The van der Waals surface area contributed by atoms with E-state index in [0.29, 0.717) is 19.5 Å². The van der Waals surface area contributed by atoms with Crippen LogP contribution in [0.4, 0.5) is 0 Å². The van der Waals surface area contributed by atoms with E-state index in [2.05, 4.69) is 93.6 Å². The molecule has 3 aromatic rings. The summed E-state index contributed by atoms with van der Waals surface area (Å²) >= 11 is 0. The fourth-order valence-electron chi connectivity index (χ4n) is 4.94. The van der Waals surface area contributed by atoms with Crippen LogP contribution in [0.3, 0.4) is 0 Å². The molecule has 0 radical (unpaired) electrons. The lowest BCUT2D eigenvalue weighted by molar-refractivity contribution is -0.150. The summed E-state index contributed by atoms with van der Waals surface area (Å²) in [5, 5.41) is 19.7. The van der Waals surface area contributed by atoms with Crippen molar-refractivity contribution in [1.82, 2.24) is 4.90 Å². The highest BCUT2D eigenvalue weighted by atomic mass is 16.4. The van der Waals surface area contributed by atoms with Gasteiger partial charge in [0.1, 0.15) is 6.04 Å². The van der Waals surface area contributed by atoms with E-state index in [0.717, 1.165) is 23.1 Å². The number of aliphatic hydroxyl groups is 1. The molecule has 34 heavy (non-hydrogen) atoms. The molecule has 4 nitrogen and oxygen atoms in total. The standard InChI is InChI=1S/C30H33NO3/c1-20-7-4-9-26(17-20)27-10-5-8-25(22(27)3)15-14-24-13-12-23(18-21(24)2)19-31-16-6-11-28(32)29(31)30(33)34/h4-5,7-10,12-15,17-18,28-29,32H,6,11,16,19H2,1-3H3,(H,33,34)/b15-14+. The topological polar surface area (TPSA) is 60.8 Å². The number of nitrogens with zero attached hydrogens (tertiary/aromatic N) is 1. The van der Waals surface area contributed by atoms with Gasteiger partial charge in [-0.2, -0.15) is 0 Å². The number of carbonyl (C=O) groups is 1. The molecule has 2 atom stereocenters. The number of aliphatic hydroxyl groups excluding tert-OH is 1. The molecule has 1 heterocycles. The Balaban J connectivity index is 1.53. The summed E-state index contributed by atoms with van der Waals surface area (Å²) < 4.78 is 0. The number of rotatable bonds is 6. The lowest BCUT2D eigenvalue weighted by atomic mass is 9.94. The van der Waals surface area contributed by atoms with Crippen LogP contribution in [0.1, 0.15) is 46.2 Å². The van der Waals surface area contributed by atoms with Gasteiger partial charge in [0, 0.05) is 6.54 Å². The number of aryl methyl sites for hydroxylation is 2. The van der Waals surface area contributed by atoms with E-state index < -0.39 is 18.1 Å². The van der Waals surface area contributed by atoms with Crippen LogP contribution in [0.15, 0.2) is 60.7 Å². The van der Waals surface area contributed by atoms with Crippen LogP contribution < -0.4 is 0 Å². The van der Waals surface area contributed by atoms with Crippen molar-refractivity contribution in [3.63, 3.8) is 0 Å². The van der Waals surface area contributed by atoms with Gasteiger partial charge in [-0.05, 0) is 79.1 Å². The fraction of sp³-hybridized carbons (Fsp3) is 0.300. The largest absolute Gasteiger partial charge is 0.480 e. The van der Waals surface area contributed by atoms with Gasteiger partial charge < -0.3 is 10.2 Å². The molecule has 1 aliphatic rings. The predicted molar refractivity (Wildman–Crippen MR) is 139 cm³/mol. The maximum Gasteiger partial charge on any atom is 0.323 e. The quantitative estimate of drug-likeness (QED) is 0.457. The van der Waals surface area contributed by atoms with Crippen molar-refractivity contribution in [2.45, 2.75) is 52.3 Å². The average Bonchev–Trinajstić information content (AvgIpc) is 2.79. The monoisotopic (exact) mass is 455 g/mol. The molecule has 1 saturated heterocycles. The molecule has 4 heteroatoms. The van der Waals surface area contributed by atoms with E-state index in [1.54, 1.807) is 0 Å². The number of piperidine rings is 1. The Hall–Kier alpha value is -3.21. The van der Waals surface area contributed by atoms with E-state index in [-0.39, 0.29) is 0 Å². The molecule has 2 unspecified atom stereocenters. The fourth-order valence-corrected chi connectivity index (χ4v) is 4.94. The molecule has 1 aliphatic heterocycles. The average molecular weight is 456 g/mol. The van der Waals surface area contributed by atoms with Gasteiger partial charge in [-0.15, -0.1) is 0 Å². The molecule has 0 spiro atoms. The third-order valence-corrected chi connectivity index (χ3v) is 6.82. The molecule has 0 amide bonds. The first-order chi connectivity index (χ1) is 16.3. The summed E-state index contributed by atoms with van der Waals surface area (Å²) in [6.45, 7) is 7.57. The normalized spacial score (nSPS) is 18.9. The van der Waals surface area contributed by atoms with Gasteiger partial charge in [-0.3, -0.25) is 9.69 Å². The maximum absolute atomic E-state index is 11.7. The van der Waals surface area contributed by atoms with E-state index in [1.807, 2.05) is 4.90 Å².